The Bertz CT molecular complexity index is 675. The summed E-state index contributed by atoms with van der Waals surface area (Å²) in [5.74, 6) is 0. The van der Waals surface area contributed by atoms with E-state index in [1.165, 1.54) is 17.7 Å². The van der Waals surface area contributed by atoms with Crippen LogP contribution in [0.1, 0.15) is 24.5 Å². The third kappa shape index (κ3) is 4.70. The summed E-state index contributed by atoms with van der Waals surface area (Å²) >= 11 is 0. The number of nitrogens with one attached hydrogen (secondary N) is 1. The molecular formula is C15H21N3O2S. The minimum atomic E-state index is -3.61. The van der Waals surface area contributed by atoms with Gasteiger partial charge >= 0.3 is 0 Å². The number of aryl methyl sites for hydroxylation is 1. The molecule has 3 N–H and O–H groups in total. The Kier molecular flexibility index (Phi) is 5.17. The van der Waals surface area contributed by atoms with E-state index >= 15 is 0 Å². The molecule has 5 nitrogen and oxygen atoms in total. The van der Waals surface area contributed by atoms with Gasteiger partial charge in [0.2, 0.25) is 10.0 Å². The van der Waals surface area contributed by atoms with Gasteiger partial charge < -0.3 is 9.88 Å². The number of hydrogen-bond acceptors (Lipinski definition) is 3. The van der Waals surface area contributed by atoms with E-state index in [2.05, 4.69) is 35.3 Å². The first-order valence-corrected chi connectivity index (χ1v) is 8.51. The van der Waals surface area contributed by atoms with Crippen LogP contribution in [0.2, 0.25) is 0 Å². The lowest BCUT2D eigenvalue weighted by molar-refractivity contribution is 0.597. The van der Waals surface area contributed by atoms with Crippen LogP contribution in [0.4, 0.5) is 0 Å². The largest absolute Gasteiger partial charge is 0.354 e. The molecule has 21 heavy (non-hydrogen) atoms. The summed E-state index contributed by atoms with van der Waals surface area (Å²) in [6, 6.07) is 8.71. The molecule has 6 heteroatoms. The van der Waals surface area contributed by atoms with Gasteiger partial charge in [0.25, 0.3) is 0 Å². The zero-order valence-corrected chi connectivity index (χ0v) is 12.9. The van der Waals surface area contributed by atoms with Gasteiger partial charge in [-0.25, -0.2) is 13.6 Å². The van der Waals surface area contributed by atoms with Crippen LogP contribution in [0.5, 0.6) is 0 Å². The van der Waals surface area contributed by atoms with Gasteiger partial charge in [-0.15, -0.1) is 0 Å². The maximum absolute atomic E-state index is 11.2. The number of sulfonamides is 1. The van der Waals surface area contributed by atoms with Crippen molar-refractivity contribution in [3.8, 4) is 0 Å². The molecule has 114 valence electrons. The molecule has 2 aromatic rings. The Labute approximate surface area is 125 Å². The minimum absolute atomic E-state index is 0.142. The predicted molar refractivity (Wildman–Crippen MR) is 83.1 cm³/mol. The second-order valence-electron chi connectivity index (χ2n) is 5.05. The Morgan fingerprint density at radius 3 is 2.38 bits per heavy atom. The van der Waals surface area contributed by atoms with Crippen LogP contribution in [-0.2, 0) is 29.7 Å². The lowest BCUT2D eigenvalue weighted by atomic mass is 10.2. The van der Waals surface area contributed by atoms with Gasteiger partial charge in [0.05, 0.1) is 4.90 Å². The normalized spacial score (nSPS) is 11.7. The lowest BCUT2D eigenvalue weighted by Gasteiger charge is -2.05. The molecule has 0 unspecified atom stereocenters. The van der Waals surface area contributed by atoms with E-state index < -0.39 is 10.0 Å². The molecule has 0 radical (unpaired) electrons. The summed E-state index contributed by atoms with van der Waals surface area (Å²) in [4.78, 5) is 0.142. The molecule has 0 saturated carbocycles. The van der Waals surface area contributed by atoms with Gasteiger partial charge in [0, 0.05) is 32.0 Å². The van der Waals surface area contributed by atoms with E-state index in [0.29, 0.717) is 6.54 Å². The van der Waals surface area contributed by atoms with E-state index in [9.17, 15) is 8.42 Å². The molecule has 1 heterocycles. The van der Waals surface area contributed by atoms with Crippen molar-refractivity contribution in [2.75, 3.05) is 0 Å². The average molecular weight is 307 g/mol. The number of primary sulfonamides is 1. The zero-order chi connectivity index (χ0) is 15.3. The average Bonchev–Trinajstić information content (AvgIpc) is 2.86. The third-order valence-electron chi connectivity index (χ3n) is 3.20. The number of nitrogens with two attached hydrogens (primary N) is 1. The Balaban J connectivity index is 1.85. The van der Waals surface area contributed by atoms with Gasteiger partial charge in [-0.05, 0) is 35.7 Å². The van der Waals surface area contributed by atoms with Crippen molar-refractivity contribution in [3.63, 3.8) is 0 Å². The monoisotopic (exact) mass is 307 g/mol. The van der Waals surface area contributed by atoms with Crippen LogP contribution in [0.25, 0.3) is 0 Å². The van der Waals surface area contributed by atoms with E-state index in [4.69, 9.17) is 5.14 Å². The van der Waals surface area contributed by atoms with Crippen LogP contribution in [-0.4, -0.2) is 13.0 Å². The second kappa shape index (κ2) is 6.89. The van der Waals surface area contributed by atoms with E-state index in [-0.39, 0.29) is 4.90 Å². The first-order valence-electron chi connectivity index (χ1n) is 6.96. The van der Waals surface area contributed by atoms with Crippen LogP contribution >= 0.6 is 0 Å². The van der Waals surface area contributed by atoms with Crippen molar-refractivity contribution >= 4 is 10.0 Å². The maximum atomic E-state index is 11.2. The fraction of sp³-hybridized carbons (Fsp3) is 0.333. The molecule has 1 aromatic heterocycles. The van der Waals surface area contributed by atoms with E-state index in [1.54, 1.807) is 12.1 Å². The van der Waals surface area contributed by atoms with Gasteiger partial charge in [0.1, 0.15) is 0 Å². The van der Waals surface area contributed by atoms with Crippen molar-refractivity contribution in [3.05, 3.63) is 53.9 Å². The molecule has 0 aliphatic carbocycles. The predicted octanol–water partition coefficient (Wildman–Crippen LogP) is 1.84. The third-order valence-corrected chi connectivity index (χ3v) is 4.13. The summed E-state index contributed by atoms with van der Waals surface area (Å²) in [5.41, 5.74) is 2.26. The topological polar surface area (TPSA) is 77.1 Å². The van der Waals surface area contributed by atoms with Gasteiger partial charge in [0.15, 0.2) is 0 Å². The molecule has 0 fully saturated rings. The number of benzene rings is 1. The fourth-order valence-corrected chi connectivity index (χ4v) is 2.66. The van der Waals surface area contributed by atoms with Crippen molar-refractivity contribution < 1.29 is 8.42 Å². The summed E-state index contributed by atoms with van der Waals surface area (Å²) < 4.78 is 24.5. The summed E-state index contributed by atoms with van der Waals surface area (Å²) in [5, 5.41) is 8.40. The molecule has 1 aromatic carbocycles. The smallest absolute Gasteiger partial charge is 0.238 e. The van der Waals surface area contributed by atoms with Crippen molar-refractivity contribution in [1.29, 1.82) is 0 Å². The molecular weight excluding hydrogens is 286 g/mol. The number of rotatable bonds is 7. The highest BCUT2D eigenvalue weighted by atomic mass is 32.2. The molecule has 0 aliphatic heterocycles. The van der Waals surface area contributed by atoms with Crippen molar-refractivity contribution in [1.82, 2.24) is 9.88 Å². The molecule has 2 rings (SSSR count). The molecule has 0 saturated heterocycles. The maximum Gasteiger partial charge on any atom is 0.238 e. The summed E-state index contributed by atoms with van der Waals surface area (Å²) in [7, 11) is -3.61. The van der Waals surface area contributed by atoms with E-state index in [0.717, 1.165) is 25.1 Å². The fourth-order valence-electron chi connectivity index (χ4n) is 2.14. The van der Waals surface area contributed by atoms with Crippen molar-refractivity contribution in [2.24, 2.45) is 5.14 Å². The highest BCUT2D eigenvalue weighted by molar-refractivity contribution is 7.89. The first-order chi connectivity index (χ1) is 9.99. The van der Waals surface area contributed by atoms with Gasteiger partial charge in [-0.3, -0.25) is 0 Å². The van der Waals surface area contributed by atoms with Crippen LogP contribution in [0.3, 0.4) is 0 Å². The summed E-state index contributed by atoms with van der Waals surface area (Å²) in [6.45, 7) is 4.66. The minimum Gasteiger partial charge on any atom is -0.354 e. The zero-order valence-electron chi connectivity index (χ0n) is 12.1. The van der Waals surface area contributed by atoms with Crippen LogP contribution in [0, 0.1) is 0 Å². The number of nitrogens with zero attached hydrogens (tertiary/aromatic N) is 1. The standard InChI is InChI=1S/C15H21N3O2S/c1-2-8-18-9-7-14(12-18)11-17-10-13-3-5-15(6-4-13)21(16,19)20/h3-7,9,12,17H,2,8,10-11H2,1H3,(H2,16,19,20). The molecule has 0 bridgehead atoms. The Morgan fingerprint density at radius 1 is 1.10 bits per heavy atom. The number of aromatic nitrogens is 1. The first kappa shape index (κ1) is 15.8. The van der Waals surface area contributed by atoms with E-state index in [1.807, 2.05) is 0 Å². The quantitative estimate of drug-likeness (QED) is 0.819. The summed E-state index contributed by atoms with van der Waals surface area (Å²) in [6.07, 6.45) is 5.35. The highest BCUT2D eigenvalue weighted by Gasteiger charge is 2.06. The molecule has 0 atom stereocenters. The highest BCUT2D eigenvalue weighted by Crippen LogP contribution is 2.09. The number of hydrogen-bond donors (Lipinski definition) is 2. The van der Waals surface area contributed by atoms with Gasteiger partial charge in [-0.2, -0.15) is 0 Å². The molecule has 0 amide bonds. The SMILES string of the molecule is CCCn1ccc(CNCc2ccc(S(N)(=O)=O)cc2)c1. The Hall–Kier alpha value is -1.63. The molecule has 0 aliphatic rings. The Morgan fingerprint density at radius 2 is 1.76 bits per heavy atom. The second-order valence-corrected chi connectivity index (χ2v) is 6.61. The van der Waals surface area contributed by atoms with Crippen molar-refractivity contribution in [2.45, 2.75) is 37.9 Å². The molecule has 0 spiro atoms. The van der Waals surface area contributed by atoms with Gasteiger partial charge in [-0.1, -0.05) is 19.1 Å². The van der Waals surface area contributed by atoms with Crippen LogP contribution < -0.4 is 10.5 Å². The van der Waals surface area contributed by atoms with Crippen LogP contribution in [0.15, 0.2) is 47.6 Å². The lowest BCUT2D eigenvalue weighted by Crippen LogP contribution is -2.14.